The van der Waals surface area contributed by atoms with Gasteiger partial charge in [-0.1, -0.05) is 0 Å². The number of amides is 2. The van der Waals surface area contributed by atoms with Gasteiger partial charge in [0, 0.05) is 12.7 Å². The van der Waals surface area contributed by atoms with Crippen molar-refractivity contribution < 1.29 is 9.53 Å². The van der Waals surface area contributed by atoms with Crippen LogP contribution in [0, 0.1) is 5.92 Å². The van der Waals surface area contributed by atoms with Crippen LogP contribution in [0.5, 0.6) is 0 Å². The molecule has 1 saturated heterocycles. The summed E-state index contributed by atoms with van der Waals surface area (Å²) >= 11 is 0. The van der Waals surface area contributed by atoms with E-state index < -0.39 is 0 Å². The lowest BCUT2D eigenvalue weighted by atomic mass is 10.2. The Hall–Kier alpha value is -2.42. The van der Waals surface area contributed by atoms with E-state index in [2.05, 4.69) is 32.5 Å². The molecule has 0 bridgehead atoms. The number of hydrogen-bond acceptors (Lipinski definition) is 5. The molecule has 2 aromatic rings. The molecule has 1 aliphatic heterocycles. The van der Waals surface area contributed by atoms with Gasteiger partial charge in [-0.3, -0.25) is 9.78 Å². The second-order valence-electron chi connectivity index (χ2n) is 6.37. The number of aromatic nitrogens is 5. The summed E-state index contributed by atoms with van der Waals surface area (Å²) in [7, 11) is 0. The molecule has 24 heavy (non-hydrogen) atoms. The molecule has 0 unspecified atom stereocenters. The average molecular weight is 331 g/mol. The van der Waals surface area contributed by atoms with Gasteiger partial charge in [-0.2, -0.15) is 10.2 Å². The van der Waals surface area contributed by atoms with E-state index in [1.807, 2.05) is 10.9 Å². The van der Waals surface area contributed by atoms with Crippen LogP contribution in [-0.4, -0.2) is 55.7 Å². The Kier molecular flexibility index (Phi) is 3.93. The third-order valence-electron chi connectivity index (χ3n) is 4.71. The molecule has 4 rings (SSSR count). The van der Waals surface area contributed by atoms with Crippen LogP contribution in [0.4, 0.5) is 10.5 Å². The van der Waals surface area contributed by atoms with E-state index >= 15 is 0 Å². The molecule has 1 saturated carbocycles. The van der Waals surface area contributed by atoms with Gasteiger partial charge in [0.15, 0.2) is 0 Å². The molecule has 2 aromatic heterocycles. The van der Waals surface area contributed by atoms with Crippen LogP contribution in [0.25, 0.3) is 0 Å². The van der Waals surface area contributed by atoms with Crippen molar-refractivity contribution in [1.29, 1.82) is 0 Å². The third kappa shape index (κ3) is 2.99. The lowest BCUT2D eigenvalue weighted by Crippen LogP contribution is -2.45. The van der Waals surface area contributed by atoms with Gasteiger partial charge in [-0.15, -0.1) is 0 Å². The predicted octanol–water partition coefficient (Wildman–Crippen LogP) is 1.58. The van der Waals surface area contributed by atoms with Crippen molar-refractivity contribution >= 4 is 11.7 Å². The second-order valence-corrected chi connectivity index (χ2v) is 6.37. The summed E-state index contributed by atoms with van der Waals surface area (Å²) in [5.41, 5.74) is 0.704. The Bertz CT molecular complexity index is 695. The van der Waals surface area contributed by atoms with E-state index in [0.717, 1.165) is 0 Å². The monoisotopic (exact) mass is 331 g/mol. The van der Waals surface area contributed by atoms with Gasteiger partial charge in [0.25, 0.3) is 0 Å². The summed E-state index contributed by atoms with van der Waals surface area (Å²) in [6.07, 6.45) is 7.54. The van der Waals surface area contributed by atoms with E-state index in [1.165, 1.54) is 19.2 Å². The highest BCUT2D eigenvalue weighted by atomic mass is 16.5. The lowest BCUT2D eigenvalue weighted by molar-refractivity contribution is 0.0118. The third-order valence-corrected chi connectivity index (χ3v) is 4.71. The zero-order chi connectivity index (χ0) is 16.5. The van der Waals surface area contributed by atoms with Crippen molar-refractivity contribution in [3.8, 4) is 0 Å². The molecule has 2 amide bonds. The molecule has 0 aromatic carbocycles. The number of urea groups is 1. The predicted molar refractivity (Wildman–Crippen MR) is 85.3 cm³/mol. The van der Waals surface area contributed by atoms with E-state index in [4.69, 9.17) is 4.74 Å². The minimum Gasteiger partial charge on any atom is -0.377 e. The van der Waals surface area contributed by atoms with Crippen LogP contribution in [-0.2, 0) is 4.74 Å². The van der Waals surface area contributed by atoms with Gasteiger partial charge in [0.1, 0.15) is 18.2 Å². The fourth-order valence-corrected chi connectivity index (χ4v) is 3.06. The smallest absolute Gasteiger partial charge is 0.322 e. The molecule has 2 aliphatic rings. The first-order valence-electron chi connectivity index (χ1n) is 8.27. The van der Waals surface area contributed by atoms with Crippen LogP contribution < -0.4 is 5.32 Å². The van der Waals surface area contributed by atoms with Gasteiger partial charge < -0.3 is 15.0 Å². The molecule has 0 radical (unpaired) electrons. The van der Waals surface area contributed by atoms with E-state index in [1.54, 1.807) is 11.1 Å². The fraction of sp³-hybridized carbons (Fsp3) is 0.600. The highest BCUT2D eigenvalue weighted by Gasteiger charge is 2.32. The Morgan fingerprint density at radius 3 is 3.12 bits per heavy atom. The van der Waals surface area contributed by atoms with Crippen molar-refractivity contribution in [2.75, 3.05) is 25.1 Å². The molecule has 3 heterocycles. The van der Waals surface area contributed by atoms with Gasteiger partial charge >= 0.3 is 6.03 Å². The molecular weight excluding hydrogens is 310 g/mol. The summed E-state index contributed by atoms with van der Waals surface area (Å²) in [4.78, 5) is 18.5. The largest absolute Gasteiger partial charge is 0.377 e. The molecule has 2 N–H and O–H groups in total. The summed E-state index contributed by atoms with van der Waals surface area (Å²) in [6, 6.07) is -0.0685. The minimum atomic E-state index is -0.262. The normalized spacial score (nSPS) is 22.4. The molecule has 9 heteroatoms. The maximum atomic E-state index is 12.7. The van der Waals surface area contributed by atoms with Gasteiger partial charge in [-0.25, -0.2) is 9.78 Å². The number of rotatable bonds is 4. The molecule has 0 spiro atoms. The topological polar surface area (TPSA) is 101 Å². The number of hydrogen-bond donors (Lipinski definition) is 2. The van der Waals surface area contributed by atoms with Crippen LogP contribution in [0.1, 0.15) is 37.7 Å². The number of ether oxygens (including phenoxy) is 1. The molecular formula is C15H21N7O2. The molecule has 2 fully saturated rings. The average Bonchev–Trinajstić information content (AvgIpc) is 3.10. The van der Waals surface area contributed by atoms with Gasteiger partial charge in [0.2, 0.25) is 0 Å². The van der Waals surface area contributed by atoms with Gasteiger partial charge in [0.05, 0.1) is 31.1 Å². The maximum Gasteiger partial charge on any atom is 0.322 e. The maximum absolute atomic E-state index is 12.7. The lowest BCUT2D eigenvalue weighted by Gasteiger charge is -2.33. The van der Waals surface area contributed by atoms with Crippen molar-refractivity contribution in [2.45, 2.75) is 31.8 Å². The Labute approximate surface area is 139 Å². The number of carbonyl (C=O) groups excluding carboxylic acids is 1. The number of anilines is 1. The van der Waals surface area contributed by atoms with Crippen molar-refractivity contribution in [2.24, 2.45) is 5.92 Å². The molecule has 1 aliphatic carbocycles. The van der Waals surface area contributed by atoms with Crippen LogP contribution >= 0.6 is 0 Å². The fourth-order valence-electron chi connectivity index (χ4n) is 3.06. The zero-order valence-electron chi connectivity index (χ0n) is 13.6. The number of aromatic amines is 1. The molecule has 9 nitrogen and oxygen atoms in total. The number of H-pyrrole nitrogens is 1. The Morgan fingerprint density at radius 1 is 1.50 bits per heavy atom. The quantitative estimate of drug-likeness (QED) is 0.886. The van der Waals surface area contributed by atoms with Crippen LogP contribution in [0.15, 0.2) is 18.7 Å². The molecule has 128 valence electrons. The summed E-state index contributed by atoms with van der Waals surface area (Å²) in [5, 5.41) is 14.0. The first kappa shape index (κ1) is 15.1. The van der Waals surface area contributed by atoms with Gasteiger partial charge in [-0.05, 0) is 25.7 Å². The highest BCUT2D eigenvalue weighted by Crippen LogP contribution is 2.39. The minimum absolute atomic E-state index is 0.182. The van der Waals surface area contributed by atoms with Crippen LogP contribution in [0.3, 0.4) is 0 Å². The van der Waals surface area contributed by atoms with Crippen molar-refractivity contribution in [3.63, 3.8) is 0 Å². The first-order chi connectivity index (χ1) is 11.7. The van der Waals surface area contributed by atoms with E-state index in [9.17, 15) is 4.79 Å². The van der Waals surface area contributed by atoms with E-state index in [0.29, 0.717) is 43.2 Å². The van der Waals surface area contributed by atoms with Crippen LogP contribution in [0.2, 0.25) is 0 Å². The summed E-state index contributed by atoms with van der Waals surface area (Å²) in [5.74, 6) is 1.34. The number of nitrogens with zero attached hydrogens (tertiary/aromatic N) is 5. The van der Waals surface area contributed by atoms with Crippen molar-refractivity contribution in [3.05, 3.63) is 24.5 Å². The zero-order valence-corrected chi connectivity index (χ0v) is 13.6. The van der Waals surface area contributed by atoms with Crippen molar-refractivity contribution in [1.82, 2.24) is 29.9 Å². The van der Waals surface area contributed by atoms with E-state index in [-0.39, 0.29) is 12.1 Å². The standard InChI is InChI=1S/C15H21N7O2/c1-10(11-2-3-11)22-7-12(6-18-22)19-15(23)21-4-5-24-8-13(21)14-16-9-17-20-14/h6-7,9-11,13H,2-5,8H2,1H3,(H,19,23)(H,16,17,20)/t10-,13-/m0/s1. The SMILES string of the molecule is C[C@@H](C1CC1)n1cc(NC(=O)N2CCOC[C@H]2c2ncn[nH]2)cn1. The second kappa shape index (κ2) is 6.23. The first-order valence-corrected chi connectivity index (χ1v) is 8.27. The Balaban J connectivity index is 1.44. The number of nitrogens with one attached hydrogen (secondary N) is 2. The summed E-state index contributed by atoms with van der Waals surface area (Å²) < 4.78 is 7.41. The highest BCUT2D eigenvalue weighted by molar-refractivity contribution is 5.89. The number of carbonyl (C=O) groups is 1. The molecule has 2 atom stereocenters. The number of morpholine rings is 1. The Morgan fingerprint density at radius 2 is 2.38 bits per heavy atom. The summed E-state index contributed by atoms with van der Waals surface area (Å²) in [6.45, 7) is 3.58.